The molecule has 7 nitrogen and oxygen atoms in total. The molecule has 0 radical (unpaired) electrons. The van der Waals surface area contributed by atoms with Gasteiger partial charge in [0.2, 0.25) is 11.8 Å². The smallest absolute Gasteiger partial charge is 0.330 e. The van der Waals surface area contributed by atoms with Gasteiger partial charge >= 0.3 is 5.97 Å². The lowest BCUT2D eigenvalue weighted by atomic mass is 9.81. The maximum atomic E-state index is 13.1. The molecule has 1 saturated heterocycles. The fraction of sp³-hybridized carbons (Fsp3) is 0.583. The molecule has 1 aromatic carbocycles. The monoisotopic (exact) mass is 504 g/mol. The highest BCUT2D eigenvalue weighted by Crippen LogP contribution is 2.56. The van der Waals surface area contributed by atoms with Crippen LogP contribution in [0.5, 0.6) is 0 Å². The molecule has 2 saturated carbocycles. The molecule has 5 atom stereocenters. The third-order valence-electron chi connectivity index (χ3n) is 7.18. The molecule has 1 heterocycles. The SMILES string of the molecule is CCc1cc(Br)ccc1NC(=O)COC(=O)[C@H](C(C)C)N1C(=O)[C@@H]2[C@H]3CC[C@@H](C3)[C@@H]2C1=O. The number of carbonyl (C=O) groups is 4. The van der Waals surface area contributed by atoms with Crippen molar-refractivity contribution >= 4 is 45.3 Å². The molecule has 1 aliphatic heterocycles. The quantitative estimate of drug-likeness (QED) is 0.452. The highest BCUT2D eigenvalue weighted by atomic mass is 79.9. The number of halogens is 1. The Bertz CT molecular complexity index is 934. The molecule has 0 spiro atoms. The minimum atomic E-state index is -1.01. The third-order valence-corrected chi connectivity index (χ3v) is 7.67. The summed E-state index contributed by atoms with van der Waals surface area (Å²) in [5, 5.41) is 2.77. The molecule has 3 amide bonds. The maximum Gasteiger partial charge on any atom is 0.330 e. The van der Waals surface area contributed by atoms with E-state index in [0.29, 0.717) is 5.69 Å². The van der Waals surface area contributed by atoms with Gasteiger partial charge < -0.3 is 10.1 Å². The number of benzene rings is 1. The number of ether oxygens (including phenoxy) is 1. The maximum absolute atomic E-state index is 13.1. The lowest BCUT2D eigenvalue weighted by Crippen LogP contribution is -2.50. The number of esters is 1. The van der Waals surface area contributed by atoms with Gasteiger partial charge in [-0.1, -0.05) is 36.7 Å². The molecule has 2 bridgehead atoms. The Morgan fingerprint density at radius 2 is 1.78 bits per heavy atom. The fourth-order valence-electron chi connectivity index (χ4n) is 5.77. The van der Waals surface area contributed by atoms with Crippen molar-refractivity contribution in [3.05, 3.63) is 28.2 Å². The van der Waals surface area contributed by atoms with Gasteiger partial charge in [0.05, 0.1) is 11.8 Å². The summed E-state index contributed by atoms with van der Waals surface area (Å²) in [5.41, 5.74) is 1.61. The zero-order chi connectivity index (χ0) is 23.2. The van der Waals surface area contributed by atoms with Gasteiger partial charge in [0.25, 0.3) is 5.91 Å². The average molecular weight is 505 g/mol. The predicted octanol–water partition coefficient (Wildman–Crippen LogP) is 3.55. The molecule has 172 valence electrons. The Morgan fingerprint density at radius 1 is 1.16 bits per heavy atom. The molecular weight excluding hydrogens is 476 g/mol. The van der Waals surface area contributed by atoms with Crippen molar-refractivity contribution in [1.29, 1.82) is 0 Å². The fourth-order valence-corrected chi connectivity index (χ4v) is 6.18. The van der Waals surface area contributed by atoms with E-state index in [9.17, 15) is 19.2 Å². The van der Waals surface area contributed by atoms with Crippen LogP contribution in [0.1, 0.15) is 45.6 Å². The van der Waals surface area contributed by atoms with Crippen molar-refractivity contribution in [2.75, 3.05) is 11.9 Å². The van der Waals surface area contributed by atoms with E-state index >= 15 is 0 Å². The summed E-state index contributed by atoms with van der Waals surface area (Å²) in [6.45, 7) is 5.07. The Kier molecular flexibility index (Phi) is 6.43. The van der Waals surface area contributed by atoms with Gasteiger partial charge in [-0.3, -0.25) is 19.3 Å². The van der Waals surface area contributed by atoms with Crippen LogP contribution in [0.25, 0.3) is 0 Å². The number of likely N-dealkylation sites (tertiary alicyclic amines) is 1. The number of imide groups is 1. The summed E-state index contributed by atoms with van der Waals surface area (Å²) in [5.74, 6) is -2.05. The number of aryl methyl sites for hydroxylation is 1. The van der Waals surface area contributed by atoms with Gasteiger partial charge in [-0.2, -0.15) is 0 Å². The number of fused-ring (bicyclic) bond motifs is 5. The van der Waals surface area contributed by atoms with Crippen LogP contribution in [0.15, 0.2) is 22.7 Å². The van der Waals surface area contributed by atoms with Crippen molar-refractivity contribution in [2.45, 2.75) is 52.5 Å². The van der Waals surface area contributed by atoms with Crippen molar-refractivity contribution < 1.29 is 23.9 Å². The largest absolute Gasteiger partial charge is 0.454 e. The topological polar surface area (TPSA) is 92.8 Å². The Balaban J connectivity index is 1.42. The second-order valence-corrected chi connectivity index (χ2v) is 10.3. The summed E-state index contributed by atoms with van der Waals surface area (Å²) in [7, 11) is 0. The Morgan fingerprint density at radius 3 is 2.34 bits per heavy atom. The number of amides is 3. The lowest BCUT2D eigenvalue weighted by molar-refractivity contribution is -0.162. The van der Waals surface area contributed by atoms with Crippen molar-refractivity contribution in [3.8, 4) is 0 Å². The van der Waals surface area contributed by atoms with Crippen LogP contribution < -0.4 is 5.32 Å². The average Bonchev–Trinajstić information content (AvgIpc) is 3.43. The number of anilines is 1. The molecule has 1 N–H and O–H groups in total. The summed E-state index contributed by atoms with van der Waals surface area (Å²) in [4.78, 5) is 52.8. The minimum Gasteiger partial charge on any atom is -0.454 e. The molecule has 0 unspecified atom stereocenters. The summed E-state index contributed by atoms with van der Waals surface area (Å²) in [6, 6.07) is 4.52. The number of carbonyl (C=O) groups excluding carboxylic acids is 4. The van der Waals surface area contributed by atoms with Gasteiger partial charge in [0.15, 0.2) is 6.61 Å². The van der Waals surface area contributed by atoms with E-state index in [1.807, 2.05) is 19.1 Å². The van der Waals surface area contributed by atoms with Crippen LogP contribution >= 0.6 is 15.9 Å². The molecular formula is C24H29BrN2O5. The molecule has 3 aliphatic rings. The van der Waals surface area contributed by atoms with E-state index < -0.39 is 24.5 Å². The van der Waals surface area contributed by atoms with Gasteiger partial charge in [-0.25, -0.2) is 4.79 Å². The third kappa shape index (κ3) is 3.98. The predicted molar refractivity (Wildman–Crippen MR) is 121 cm³/mol. The first-order chi connectivity index (χ1) is 15.2. The first-order valence-electron chi connectivity index (χ1n) is 11.3. The van der Waals surface area contributed by atoms with Crippen LogP contribution in [0, 0.1) is 29.6 Å². The second kappa shape index (κ2) is 8.96. The van der Waals surface area contributed by atoms with Crippen molar-refractivity contribution in [2.24, 2.45) is 29.6 Å². The Hall–Kier alpha value is -2.22. The van der Waals surface area contributed by atoms with E-state index in [0.717, 1.165) is 40.6 Å². The van der Waals surface area contributed by atoms with Gasteiger partial charge in [0, 0.05) is 10.2 Å². The van der Waals surface area contributed by atoms with E-state index in [2.05, 4.69) is 21.2 Å². The first kappa shape index (κ1) is 23.0. The van der Waals surface area contributed by atoms with Gasteiger partial charge in [-0.05, 0) is 67.2 Å². The summed E-state index contributed by atoms with van der Waals surface area (Å²) < 4.78 is 6.20. The summed E-state index contributed by atoms with van der Waals surface area (Å²) >= 11 is 3.41. The van der Waals surface area contributed by atoms with Gasteiger partial charge in [-0.15, -0.1) is 0 Å². The molecule has 8 heteroatoms. The minimum absolute atomic E-state index is 0.241. The van der Waals surface area contributed by atoms with E-state index in [4.69, 9.17) is 4.74 Å². The standard InChI is InChI=1S/C24H29BrN2O5/c1-4-13-10-16(25)7-8-17(13)26-18(28)11-32-24(31)21(12(2)3)27-22(29)19-14-5-6-15(9-14)20(19)23(27)30/h7-8,10,12,14-15,19-21H,4-6,9,11H2,1-3H3,(H,26,28)/t14-,15-,19-,20+,21-/m0/s1. The normalized spacial score (nSPS) is 27.1. The molecule has 4 rings (SSSR count). The highest BCUT2D eigenvalue weighted by molar-refractivity contribution is 9.10. The van der Waals surface area contributed by atoms with E-state index in [-0.39, 0.29) is 41.4 Å². The number of hydrogen-bond acceptors (Lipinski definition) is 5. The molecule has 3 fully saturated rings. The van der Waals surface area contributed by atoms with Crippen LogP contribution in [0.2, 0.25) is 0 Å². The van der Waals surface area contributed by atoms with Crippen LogP contribution in [-0.4, -0.2) is 41.2 Å². The summed E-state index contributed by atoms with van der Waals surface area (Å²) in [6.07, 6.45) is 3.62. The van der Waals surface area contributed by atoms with Crippen molar-refractivity contribution in [3.63, 3.8) is 0 Å². The lowest BCUT2D eigenvalue weighted by Gasteiger charge is -2.28. The number of nitrogens with one attached hydrogen (secondary N) is 1. The molecule has 2 aliphatic carbocycles. The zero-order valence-corrected chi connectivity index (χ0v) is 20.2. The molecule has 32 heavy (non-hydrogen) atoms. The molecule has 1 aromatic rings. The first-order valence-corrected chi connectivity index (χ1v) is 12.1. The zero-order valence-electron chi connectivity index (χ0n) is 18.6. The second-order valence-electron chi connectivity index (χ2n) is 9.43. The number of nitrogens with zero attached hydrogens (tertiary/aromatic N) is 1. The highest BCUT2D eigenvalue weighted by Gasteiger charge is 2.62. The van der Waals surface area contributed by atoms with Crippen LogP contribution in [-0.2, 0) is 30.3 Å². The van der Waals surface area contributed by atoms with Gasteiger partial charge in [0.1, 0.15) is 6.04 Å². The van der Waals surface area contributed by atoms with Crippen molar-refractivity contribution in [1.82, 2.24) is 4.90 Å². The van der Waals surface area contributed by atoms with Crippen LogP contribution in [0.3, 0.4) is 0 Å². The van der Waals surface area contributed by atoms with E-state index in [1.54, 1.807) is 19.9 Å². The number of hydrogen-bond donors (Lipinski definition) is 1. The number of rotatable bonds is 7. The Labute approximate surface area is 196 Å². The van der Waals surface area contributed by atoms with Crippen LogP contribution in [0.4, 0.5) is 5.69 Å². The van der Waals surface area contributed by atoms with E-state index in [1.165, 1.54) is 0 Å². The molecule has 0 aromatic heterocycles.